The first-order valence-electron chi connectivity index (χ1n) is 5.56. The van der Waals surface area contributed by atoms with Gasteiger partial charge in [-0.25, -0.2) is 0 Å². The van der Waals surface area contributed by atoms with Crippen LogP contribution in [0.25, 0.3) is 0 Å². The molecule has 0 aliphatic heterocycles. The molecule has 0 spiro atoms. The van der Waals surface area contributed by atoms with Crippen molar-refractivity contribution in [3.63, 3.8) is 0 Å². The van der Waals surface area contributed by atoms with E-state index < -0.39 is 0 Å². The van der Waals surface area contributed by atoms with Crippen molar-refractivity contribution in [2.75, 3.05) is 0 Å². The molecule has 0 nitrogen and oxygen atoms in total. The van der Waals surface area contributed by atoms with Gasteiger partial charge in [-0.15, -0.1) is 0 Å². The second kappa shape index (κ2) is 3.40. The van der Waals surface area contributed by atoms with Gasteiger partial charge >= 0.3 is 0 Å². The van der Waals surface area contributed by atoms with Crippen LogP contribution in [0.15, 0.2) is 0 Å². The topological polar surface area (TPSA) is 0 Å². The molecule has 1 fully saturated rings. The van der Waals surface area contributed by atoms with E-state index in [0.29, 0.717) is 5.41 Å². The Hall–Kier alpha value is 0. The summed E-state index contributed by atoms with van der Waals surface area (Å²) in [6, 6.07) is 0. The smallest absolute Gasteiger partial charge is 0.0264 e. The molecule has 0 saturated heterocycles. The Kier molecular flexibility index (Phi) is 2.85. The van der Waals surface area contributed by atoms with Gasteiger partial charge in [-0.05, 0) is 29.6 Å². The maximum absolute atomic E-state index is 2.50. The molecule has 1 rings (SSSR count). The number of rotatable bonds is 4. The van der Waals surface area contributed by atoms with Crippen molar-refractivity contribution in [1.29, 1.82) is 0 Å². The molecule has 72 valence electrons. The summed E-state index contributed by atoms with van der Waals surface area (Å²) < 4.78 is 0. The Morgan fingerprint density at radius 3 is 2.00 bits per heavy atom. The summed E-state index contributed by atoms with van der Waals surface area (Å²) in [7, 11) is 0. The lowest BCUT2D eigenvalue weighted by Gasteiger charge is -2.23. The lowest BCUT2D eigenvalue weighted by atomic mass is 9.82. The lowest BCUT2D eigenvalue weighted by molar-refractivity contribution is 0.265. The van der Waals surface area contributed by atoms with E-state index >= 15 is 0 Å². The molecule has 0 N–H and O–H groups in total. The van der Waals surface area contributed by atoms with E-state index in [2.05, 4.69) is 34.6 Å². The highest BCUT2D eigenvalue weighted by molar-refractivity contribution is 5.03. The third-order valence-corrected chi connectivity index (χ3v) is 4.07. The fraction of sp³-hybridized carbons (Fsp3) is 1.00. The van der Waals surface area contributed by atoms with E-state index in [0.717, 1.165) is 17.8 Å². The van der Waals surface area contributed by atoms with Gasteiger partial charge in [-0.2, -0.15) is 0 Å². The maximum atomic E-state index is 2.50. The van der Waals surface area contributed by atoms with Crippen molar-refractivity contribution in [1.82, 2.24) is 0 Å². The molecule has 1 saturated carbocycles. The zero-order chi connectivity index (χ0) is 9.35. The Morgan fingerprint density at radius 1 is 1.25 bits per heavy atom. The van der Waals surface area contributed by atoms with Crippen LogP contribution in [0.3, 0.4) is 0 Å². The highest BCUT2D eigenvalue weighted by atomic mass is 14.6. The molecule has 2 unspecified atom stereocenters. The highest BCUT2D eigenvalue weighted by Crippen LogP contribution is 2.62. The fourth-order valence-corrected chi connectivity index (χ4v) is 3.10. The zero-order valence-electron chi connectivity index (χ0n) is 9.35. The largest absolute Gasteiger partial charge is 0.0651 e. The third-order valence-electron chi connectivity index (χ3n) is 4.07. The fourth-order valence-electron chi connectivity index (χ4n) is 3.10. The summed E-state index contributed by atoms with van der Waals surface area (Å²) in [6.45, 7) is 11.9. The average Bonchev–Trinajstić information content (AvgIpc) is 2.66. The standard InChI is InChI=1S/C12H24/c1-6-10(7-2)12(5)8-11(12)9(3)4/h9-11H,6-8H2,1-5H3. The molecule has 0 radical (unpaired) electrons. The quantitative estimate of drug-likeness (QED) is 0.592. The van der Waals surface area contributed by atoms with Crippen LogP contribution in [0.2, 0.25) is 0 Å². The minimum absolute atomic E-state index is 0.706. The molecule has 1 aliphatic rings. The first kappa shape index (κ1) is 10.1. The molecule has 0 aromatic heterocycles. The first-order valence-corrected chi connectivity index (χ1v) is 5.56. The van der Waals surface area contributed by atoms with Gasteiger partial charge < -0.3 is 0 Å². The van der Waals surface area contributed by atoms with Gasteiger partial charge in [0.1, 0.15) is 0 Å². The predicted molar refractivity (Wildman–Crippen MR) is 55.1 cm³/mol. The molecule has 0 heteroatoms. The van der Waals surface area contributed by atoms with E-state index in [9.17, 15) is 0 Å². The van der Waals surface area contributed by atoms with Gasteiger partial charge in [0.25, 0.3) is 0 Å². The van der Waals surface area contributed by atoms with Gasteiger partial charge in [0.05, 0.1) is 0 Å². The van der Waals surface area contributed by atoms with Crippen molar-refractivity contribution in [3.8, 4) is 0 Å². The van der Waals surface area contributed by atoms with Crippen LogP contribution in [-0.2, 0) is 0 Å². The van der Waals surface area contributed by atoms with E-state index in [4.69, 9.17) is 0 Å². The van der Waals surface area contributed by atoms with Crippen LogP contribution < -0.4 is 0 Å². The van der Waals surface area contributed by atoms with Gasteiger partial charge in [0.2, 0.25) is 0 Å². The second-order valence-electron chi connectivity index (χ2n) is 5.07. The Balaban J connectivity index is 2.52. The SMILES string of the molecule is CCC(CC)C1(C)CC1C(C)C. The Morgan fingerprint density at radius 2 is 1.75 bits per heavy atom. The molecule has 0 aromatic rings. The monoisotopic (exact) mass is 168 g/mol. The summed E-state index contributed by atoms with van der Waals surface area (Å²) in [5, 5.41) is 0. The van der Waals surface area contributed by atoms with Crippen molar-refractivity contribution in [2.45, 2.75) is 53.9 Å². The lowest BCUT2D eigenvalue weighted by Crippen LogP contribution is -2.15. The van der Waals surface area contributed by atoms with Crippen molar-refractivity contribution < 1.29 is 0 Å². The average molecular weight is 168 g/mol. The van der Waals surface area contributed by atoms with Crippen LogP contribution in [0.1, 0.15) is 53.9 Å². The highest BCUT2D eigenvalue weighted by Gasteiger charge is 2.54. The van der Waals surface area contributed by atoms with Crippen molar-refractivity contribution >= 4 is 0 Å². The van der Waals surface area contributed by atoms with Crippen molar-refractivity contribution in [3.05, 3.63) is 0 Å². The minimum Gasteiger partial charge on any atom is -0.0651 e. The Labute approximate surface area is 77.7 Å². The van der Waals surface area contributed by atoms with E-state index in [1.54, 1.807) is 0 Å². The zero-order valence-corrected chi connectivity index (χ0v) is 9.35. The van der Waals surface area contributed by atoms with Crippen LogP contribution in [0, 0.1) is 23.2 Å². The molecule has 0 aromatic carbocycles. The summed E-state index contributed by atoms with van der Waals surface area (Å²) >= 11 is 0. The Bertz CT molecular complexity index is 144. The summed E-state index contributed by atoms with van der Waals surface area (Å²) in [5.41, 5.74) is 0.706. The molecular weight excluding hydrogens is 144 g/mol. The van der Waals surface area contributed by atoms with Gasteiger partial charge in [-0.1, -0.05) is 47.5 Å². The molecule has 0 bridgehead atoms. The molecule has 1 aliphatic carbocycles. The molecule has 12 heavy (non-hydrogen) atoms. The number of hydrogen-bond acceptors (Lipinski definition) is 0. The van der Waals surface area contributed by atoms with Crippen LogP contribution in [0.4, 0.5) is 0 Å². The third kappa shape index (κ3) is 1.53. The van der Waals surface area contributed by atoms with Gasteiger partial charge in [0, 0.05) is 0 Å². The second-order valence-corrected chi connectivity index (χ2v) is 5.07. The van der Waals surface area contributed by atoms with E-state index in [1.165, 1.54) is 19.3 Å². The van der Waals surface area contributed by atoms with Crippen LogP contribution in [-0.4, -0.2) is 0 Å². The van der Waals surface area contributed by atoms with E-state index in [-0.39, 0.29) is 0 Å². The molecule has 0 heterocycles. The first-order chi connectivity index (χ1) is 5.56. The van der Waals surface area contributed by atoms with Crippen LogP contribution >= 0.6 is 0 Å². The summed E-state index contributed by atoms with van der Waals surface area (Å²) in [5.74, 6) is 2.89. The minimum atomic E-state index is 0.706. The summed E-state index contributed by atoms with van der Waals surface area (Å²) in [6.07, 6.45) is 4.23. The maximum Gasteiger partial charge on any atom is -0.0264 e. The summed E-state index contributed by atoms with van der Waals surface area (Å²) in [4.78, 5) is 0. The molecule has 2 atom stereocenters. The number of hydrogen-bond donors (Lipinski definition) is 0. The van der Waals surface area contributed by atoms with Crippen molar-refractivity contribution in [2.24, 2.45) is 23.2 Å². The van der Waals surface area contributed by atoms with E-state index in [1.807, 2.05) is 0 Å². The van der Waals surface area contributed by atoms with Gasteiger partial charge in [-0.3, -0.25) is 0 Å². The van der Waals surface area contributed by atoms with Gasteiger partial charge in [0.15, 0.2) is 0 Å². The predicted octanol–water partition coefficient (Wildman–Crippen LogP) is 4.10. The van der Waals surface area contributed by atoms with Crippen LogP contribution in [0.5, 0.6) is 0 Å². The molecule has 0 amide bonds. The molecular formula is C12H24. The normalized spacial score (nSPS) is 34.8.